The molecule has 1 aromatic rings. The zero-order valence-electron chi connectivity index (χ0n) is 14.8. The molecule has 0 spiro atoms. The van der Waals surface area contributed by atoms with Gasteiger partial charge in [0, 0.05) is 32.2 Å². The molecule has 1 N–H and O–H groups in total. The zero-order valence-corrected chi connectivity index (χ0v) is 14.8. The van der Waals surface area contributed by atoms with Crippen molar-refractivity contribution in [3.8, 4) is 5.75 Å². The minimum atomic E-state index is -0.626. The van der Waals surface area contributed by atoms with E-state index in [0.717, 1.165) is 5.06 Å². The fraction of sp³-hybridized carbons (Fsp3) is 0.529. The van der Waals surface area contributed by atoms with E-state index in [1.54, 1.807) is 0 Å². The van der Waals surface area contributed by atoms with Crippen molar-refractivity contribution in [2.75, 3.05) is 27.4 Å². The molecule has 0 radical (unpaired) electrons. The predicted octanol–water partition coefficient (Wildman–Crippen LogP) is 2.17. The Labute approximate surface area is 142 Å². The van der Waals surface area contributed by atoms with Crippen LogP contribution in [0.5, 0.6) is 5.75 Å². The number of ketones is 1. The molecule has 0 saturated carbocycles. The SMILES string of the molecule is CCOC(Cc1c(C(C)=O)ccc(O)c1C(=O)N(C)OC)OCC. The second-order valence-electron chi connectivity index (χ2n) is 5.07. The lowest BCUT2D eigenvalue weighted by Gasteiger charge is -2.22. The van der Waals surface area contributed by atoms with Gasteiger partial charge in [0.15, 0.2) is 12.1 Å². The van der Waals surface area contributed by atoms with Gasteiger partial charge < -0.3 is 14.6 Å². The summed E-state index contributed by atoms with van der Waals surface area (Å²) in [7, 11) is 2.77. The highest BCUT2D eigenvalue weighted by atomic mass is 16.7. The normalized spacial score (nSPS) is 10.9. The van der Waals surface area contributed by atoms with Gasteiger partial charge in [-0.2, -0.15) is 0 Å². The van der Waals surface area contributed by atoms with Crippen LogP contribution < -0.4 is 0 Å². The number of carbonyl (C=O) groups excluding carboxylic acids is 2. The van der Waals surface area contributed by atoms with Crippen molar-refractivity contribution in [1.82, 2.24) is 5.06 Å². The summed E-state index contributed by atoms with van der Waals surface area (Å²) in [5.41, 5.74) is 0.727. The van der Waals surface area contributed by atoms with E-state index in [9.17, 15) is 14.7 Å². The van der Waals surface area contributed by atoms with Crippen LogP contribution in [0.15, 0.2) is 12.1 Å². The van der Waals surface area contributed by atoms with Crippen molar-refractivity contribution < 1.29 is 29.0 Å². The standard InChI is InChI=1S/C17H25NO6/c1-6-23-15(24-7-2)10-13-12(11(3)19)8-9-14(20)16(13)17(21)18(4)22-5/h8-9,15,20H,6-7,10H2,1-5H3. The number of phenolic OH excluding ortho intramolecular Hbond substituents is 1. The van der Waals surface area contributed by atoms with Gasteiger partial charge in [-0.05, 0) is 38.5 Å². The summed E-state index contributed by atoms with van der Waals surface area (Å²) in [6, 6.07) is 2.82. The van der Waals surface area contributed by atoms with Gasteiger partial charge in [-0.15, -0.1) is 0 Å². The third-order valence-electron chi connectivity index (χ3n) is 3.52. The van der Waals surface area contributed by atoms with Crippen molar-refractivity contribution in [1.29, 1.82) is 0 Å². The molecule has 0 aliphatic heterocycles. The van der Waals surface area contributed by atoms with Gasteiger partial charge in [0.1, 0.15) is 5.75 Å². The maximum atomic E-state index is 12.5. The molecule has 134 valence electrons. The van der Waals surface area contributed by atoms with Crippen LogP contribution in [-0.4, -0.2) is 55.5 Å². The first kappa shape index (κ1) is 20.1. The first-order valence-corrected chi connectivity index (χ1v) is 7.78. The Bertz CT molecular complexity index is 581. The van der Waals surface area contributed by atoms with Crippen LogP contribution in [0.4, 0.5) is 0 Å². The van der Waals surface area contributed by atoms with Crippen molar-refractivity contribution in [2.24, 2.45) is 0 Å². The number of benzene rings is 1. The van der Waals surface area contributed by atoms with Crippen LogP contribution in [0, 0.1) is 0 Å². The summed E-state index contributed by atoms with van der Waals surface area (Å²) >= 11 is 0. The molecule has 0 aliphatic carbocycles. The highest BCUT2D eigenvalue weighted by Crippen LogP contribution is 2.28. The molecule has 1 rings (SSSR count). The van der Waals surface area contributed by atoms with Crippen molar-refractivity contribution >= 4 is 11.7 Å². The number of hydrogen-bond acceptors (Lipinski definition) is 6. The summed E-state index contributed by atoms with van der Waals surface area (Å²) in [6.07, 6.45) is -0.469. The number of amides is 1. The molecule has 24 heavy (non-hydrogen) atoms. The first-order valence-electron chi connectivity index (χ1n) is 7.78. The third-order valence-corrected chi connectivity index (χ3v) is 3.52. The molecule has 0 unspecified atom stereocenters. The van der Waals surface area contributed by atoms with E-state index >= 15 is 0 Å². The Kier molecular flexibility index (Phi) is 7.84. The van der Waals surface area contributed by atoms with E-state index in [4.69, 9.17) is 14.3 Å². The first-order chi connectivity index (χ1) is 11.4. The van der Waals surface area contributed by atoms with Crippen LogP contribution in [-0.2, 0) is 20.7 Å². The molecule has 0 aliphatic rings. The van der Waals surface area contributed by atoms with E-state index in [0.29, 0.717) is 24.3 Å². The molecule has 0 atom stereocenters. The number of hydroxylamine groups is 2. The number of rotatable bonds is 9. The fourth-order valence-corrected chi connectivity index (χ4v) is 2.36. The summed E-state index contributed by atoms with van der Waals surface area (Å²) in [6.45, 7) is 5.89. The molecule has 0 saturated heterocycles. The summed E-state index contributed by atoms with van der Waals surface area (Å²) < 4.78 is 11.0. The summed E-state index contributed by atoms with van der Waals surface area (Å²) in [4.78, 5) is 29.4. The van der Waals surface area contributed by atoms with Gasteiger partial charge in [-0.3, -0.25) is 14.4 Å². The van der Waals surface area contributed by atoms with Gasteiger partial charge in [-0.1, -0.05) is 0 Å². The van der Waals surface area contributed by atoms with Crippen LogP contribution in [0.2, 0.25) is 0 Å². The third kappa shape index (κ3) is 4.77. The number of phenols is 1. The molecular formula is C17H25NO6. The van der Waals surface area contributed by atoms with Gasteiger partial charge in [0.2, 0.25) is 0 Å². The Morgan fingerprint density at radius 3 is 2.25 bits per heavy atom. The van der Waals surface area contributed by atoms with Crippen LogP contribution in [0.1, 0.15) is 47.1 Å². The van der Waals surface area contributed by atoms with Crippen molar-refractivity contribution in [3.05, 3.63) is 28.8 Å². The molecule has 1 aromatic carbocycles. The van der Waals surface area contributed by atoms with E-state index in [1.165, 1.54) is 33.2 Å². The number of ether oxygens (including phenoxy) is 2. The second kappa shape index (κ2) is 9.36. The number of hydrogen-bond donors (Lipinski definition) is 1. The van der Waals surface area contributed by atoms with Crippen LogP contribution in [0.3, 0.4) is 0 Å². The lowest BCUT2D eigenvalue weighted by molar-refractivity contribution is -0.134. The summed E-state index contributed by atoms with van der Waals surface area (Å²) in [5.74, 6) is -0.999. The van der Waals surface area contributed by atoms with E-state index in [2.05, 4.69) is 0 Å². The maximum Gasteiger partial charge on any atom is 0.281 e. The predicted molar refractivity (Wildman–Crippen MR) is 88.0 cm³/mol. The molecule has 0 fully saturated rings. The maximum absolute atomic E-state index is 12.5. The smallest absolute Gasteiger partial charge is 0.281 e. The molecular weight excluding hydrogens is 314 g/mol. The molecule has 0 bridgehead atoms. The molecule has 7 heteroatoms. The largest absolute Gasteiger partial charge is 0.507 e. The van der Waals surface area contributed by atoms with Crippen molar-refractivity contribution in [3.63, 3.8) is 0 Å². The van der Waals surface area contributed by atoms with Crippen LogP contribution in [0.25, 0.3) is 0 Å². The highest BCUT2D eigenvalue weighted by molar-refractivity contribution is 6.03. The second-order valence-corrected chi connectivity index (χ2v) is 5.07. The van der Waals surface area contributed by atoms with Gasteiger partial charge in [0.05, 0.1) is 12.7 Å². The van der Waals surface area contributed by atoms with Crippen molar-refractivity contribution in [2.45, 2.75) is 33.5 Å². The van der Waals surface area contributed by atoms with E-state index in [1.807, 2.05) is 13.8 Å². The molecule has 1 amide bonds. The van der Waals surface area contributed by atoms with E-state index in [-0.39, 0.29) is 23.5 Å². The number of nitrogens with zero attached hydrogens (tertiary/aromatic N) is 1. The number of Topliss-reactive ketones (excluding diaryl/α,β-unsaturated/α-hetero) is 1. The minimum absolute atomic E-state index is 0.0106. The van der Waals surface area contributed by atoms with Gasteiger partial charge in [-0.25, -0.2) is 5.06 Å². The topological polar surface area (TPSA) is 85.3 Å². The minimum Gasteiger partial charge on any atom is -0.507 e. The lowest BCUT2D eigenvalue weighted by atomic mass is 9.94. The number of carbonyl (C=O) groups is 2. The quantitative estimate of drug-likeness (QED) is 0.422. The Morgan fingerprint density at radius 2 is 1.79 bits per heavy atom. The molecule has 0 heterocycles. The average molecular weight is 339 g/mol. The zero-order chi connectivity index (χ0) is 18.3. The number of aromatic hydroxyl groups is 1. The average Bonchev–Trinajstić information content (AvgIpc) is 2.54. The Hall–Kier alpha value is -1.96. The lowest BCUT2D eigenvalue weighted by Crippen LogP contribution is -2.29. The molecule has 0 aromatic heterocycles. The van der Waals surface area contributed by atoms with Gasteiger partial charge in [0.25, 0.3) is 5.91 Å². The van der Waals surface area contributed by atoms with Gasteiger partial charge >= 0.3 is 0 Å². The highest BCUT2D eigenvalue weighted by Gasteiger charge is 2.26. The summed E-state index contributed by atoms with van der Waals surface area (Å²) in [5, 5.41) is 11.2. The monoisotopic (exact) mass is 339 g/mol. The Morgan fingerprint density at radius 1 is 1.21 bits per heavy atom. The fourth-order valence-electron chi connectivity index (χ4n) is 2.36. The van der Waals surface area contributed by atoms with E-state index < -0.39 is 12.2 Å². The molecule has 7 nitrogen and oxygen atoms in total. The van der Waals surface area contributed by atoms with Crippen LogP contribution >= 0.6 is 0 Å². The Balaban J connectivity index is 3.43.